The number of nitrogens with one attached hydrogen (secondary N) is 2. The number of hydrogen-bond donors (Lipinski definition) is 3. The van der Waals surface area contributed by atoms with E-state index in [-0.39, 0.29) is 0 Å². The summed E-state index contributed by atoms with van der Waals surface area (Å²) < 4.78 is 6.51. The van der Waals surface area contributed by atoms with Gasteiger partial charge in [0.1, 0.15) is 17.0 Å². The maximum Gasteiger partial charge on any atom is 0.333 e. The summed E-state index contributed by atoms with van der Waals surface area (Å²) in [6, 6.07) is 10.5. The highest BCUT2D eigenvalue weighted by Crippen LogP contribution is 2.22. The van der Waals surface area contributed by atoms with E-state index in [1.165, 1.54) is 0 Å². The first-order chi connectivity index (χ1) is 10.1. The fraction of sp³-hybridized carbons (Fsp3) is 0.143. The fourth-order valence-electron chi connectivity index (χ4n) is 1.75. The molecule has 0 radical (unpaired) electrons. The summed E-state index contributed by atoms with van der Waals surface area (Å²) >= 11 is 3.31. The summed E-state index contributed by atoms with van der Waals surface area (Å²) in [5.74, 6) is 5.75. The second-order valence-corrected chi connectivity index (χ2v) is 5.07. The van der Waals surface area contributed by atoms with E-state index in [1.807, 2.05) is 42.7 Å². The average Bonchev–Trinajstić information content (AvgIpc) is 2.47. The number of rotatable bonds is 4. The molecule has 0 aliphatic heterocycles. The zero-order valence-corrected chi connectivity index (χ0v) is 13.0. The Hall–Kier alpha value is -2.12. The number of urea groups is 1. The number of carbonyl (C=O) groups is 1. The second-order valence-electron chi connectivity index (χ2n) is 4.26. The van der Waals surface area contributed by atoms with Crippen molar-refractivity contribution in [2.45, 2.75) is 13.5 Å². The second kappa shape index (κ2) is 7.05. The van der Waals surface area contributed by atoms with E-state index in [2.05, 4.69) is 26.2 Å². The van der Waals surface area contributed by atoms with E-state index in [0.717, 1.165) is 15.9 Å². The number of hydrazine groups is 1. The lowest BCUT2D eigenvalue weighted by atomic mass is 10.2. The van der Waals surface area contributed by atoms with Crippen molar-refractivity contribution in [3.05, 3.63) is 52.3 Å². The standard InChI is InChI=1S/C14H15BrN4O2/c1-9-12(6-7-13(15)17-9)21-8-10-4-2-3-5-11(10)18-14(20)19-16/h2-7H,8,16H2,1H3,(H2,18,19,20). The van der Waals surface area contributed by atoms with Gasteiger partial charge < -0.3 is 10.1 Å². The van der Waals surface area contributed by atoms with Gasteiger partial charge in [-0.25, -0.2) is 15.6 Å². The number of carbonyl (C=O) groups excluding carboxylic acids is 1. The van der Waals surface area contributed by atoms with Gasteiger partial charge in [-0.2, -0.15) is 0 Å². The van der Waals surface area contributed by atoms with Crippen molar-refractivity contribution in [2.24, 2.45) is 5.84 Å². The highest BCUT2D eigenvalue weighted by Gasteiger charge is 2.07. The van der Waals surface area contributed by atoms with Crippen molar-refractivity contribution in [2.75, 3.05) is 5.32 Å². The van der Waals surface area contributed by atoms with Gasteiger partial charge in [-0.3, -0.25) is 5.43 Å². The van der Waals surface area contributed by atoms with Crippen molar-refractivity contribution in [3.8, 4) is 5.75 Å². The van der Waals surface area contributed by atoms with Gasteiger partial charge in [-0.05, 0) is 41.1 Å². The Morgan fingerprint density at radius 1 is 1.33 bits per heavy atom. The number of halogens is 1. The number of aryl methyl sites for hydroxylation is 1. The predicted molar refractivity (Wildman–Crippen MR) is 83.8 cm³/mol. The molecule has 0 saturated carbocycles. The summed E-state index contributed by atoms with van der Waals surface area (Å²) in [6.07, 6.45) is 0. The van der Waals surface area contributed by atoms with Gasteiger partial charge in [-0.15, -0.1) is 0 Å². The van der Waals surface area contributed by atoms with E-state index in [1.54, 1.807) is 6.07 Å². The largest absolute Gasteiger partial charge is 0.487 e. The van der Waals surface area contributed by atoms with Crippen molar-refractivity contribution in [1.82, 2.24) is 10.4 Å². The number of hydrogen-bond acceptors (Lipinski definition) is 4. The Morgan fingerprint density at radius 3 is 2.81 bits per heavy atom. The molecule has 0 fully saturated rings. The molecule has 2 aromatic rings. The number of nitrogens with zero attached hydrogens (tertiary/aromatic N) is 1. The summed E-state index contributed by atoms with van der Waals surface area (Å²) in [6.45, 7) is 2.18. The van der Waals surface area contributed by atoms with Crippen molar-refractivity contribution in [3.63, 3.8) is 0 Å². The highest BCUT2D eigenvalue weighted by atomic mass is 79.9. The van der Waals surface area contributed by atoms with Crippen LogP contribution in [-0.2, 0) is 6.61 Å². The molecule has 1 aromatic carbocycles. The number of benzene rings is 1. The quantitative estimate of drug-likeness (QED) is 0.342. The normalized spacial score (nSPS) is 10.0. The fourth-order valence-corrected chi connectivity index (χ4v) is 2.15. The predicted octanol–water partition coefficient (Wildman–Crippen LogP) is 2.73. The molecule has 6 nitrogen and oxygen atoms in total. The number of pyridine rings is 1. The monoisotopic (exact) mass is 350 g/mol. The van der Waals surface area contributed by atoms with Gasteiger partial charge in [-0.1, -0.05) is 18.2 Å². The van der Waals surface area contributed by atoms with Gasteiger partial charge in [0.2, 0.25) is 0 Å². The van der Waals surface area contributed by atoms with Crippen LogP contribution in [0.15, 0.2) is 41.0 Å². The maximum absolute atomic E-state index is 11.3. The van der Waals surface area contributed by atoms with Gasteiger partial charge in [0.25, 0.3) is 0 Å². The molecule has 1 heterocycles. The summed E-state index contributed by atoms with van der Waals surface area (Å²) in [5.41, 5.74) is 4.29. The van der Waals surface area contributed by atoms with Gasteiger partial charge in [0, 0.05) is 11.3 Å². The lowest BCUT2D eigenvalue weighted by Gasteiger charge is -2.13. The number of aromatic nitrogens is 1. The Morgan fingerprint density at radius 2 is 2.10 bits per heavy atom. The van der Waals surface area contributed by atoms with Gasteiger partial charge >= 0.3 is 6.03 Å². The van der Waals surface area contributed by atoms with Crippen molar-refractivity contribution < 1.29 is 9.53 Å². The third-order valence-electron chi connectivity index (χ3n) is 2.78. The number of anilines is 1. The van der Waals surface area contributed by atoms with E-state index in [9.17, 15) is 4.79 Å². The Kier molecular flexibility index (Phi) is 5.13. The lowest BCUT2D eigenvalue weighted by Crippen LogP contribution is -2.34. The smallest absolute Gasteiger partial charge is 0.333 e. The van der Waals surface area contributed by atoms with Crippen LogP contribution in [0.25, 0.3) is 0 Å². The molecule has 7 heteroatoms. The van der Waals surface area contributed by atoms with Gasteiger partial charge in [0.15, 0.2) is 0 Å². The van der Waals surface area contributed by atoms with Crippen LogP contribution < -0.4 is 21.3 Å². The van der Waals surface area contributed by atoms with E-state index >= 15 is 0 Å². The number of nitrogens with two attached hydrogens (primary N) is 1. The molecule has 0 saturated heterocycles. The topological polar surface area (TPSA) is 89.3 Å². The van der Waals surface area contributed by atoms with Crippen molar-refractivity contribution in [1.29, 1.82) is 0 Å². The SMILES string of the molecule is Cc1nc(Br)ccc1OCc1ccccc1NC(=O)NN. The van der Waals surface area contributed by atoms with Crippen molar-refractivity contribution >= 4 is 27.6 Å². The maximum atomic E-state index is 11.3. The number of ether oxygens (including phenoxy) is 1. The highest BCUT2D eigenvalue weighted by molar-refractivity contribution is 9.10. The van der Waals surface area contributed by atoms with Crippen LogP contribution in [-0.4, -0.2) is 11.0 Å². The lowest BCUT2D eigenvalue weighted by molar-refractivity contribution is 0.252. The first-order valence-corrected chi connectivity index (χ1v) is 7.01. The summed E-state index contributed by atoms with van der Waals surface area (Å²) in [7, 11) is 0. The minimum Gasteiger partial charge on any atom is -0.487 e. The number of amides is 2. The third kappa shape index (κ3) is 4.17. The molecule has 4 N–H and O–H groups in total. The van der Waals surface area contributed by atoms with E-state index < -0.39 is 6.03 Å². The van der Waals surface area contributed by atoms with Crippen LogP contribution in [0, 0.1) is 6.92 Å². The molecule has 0 spiro atoms. The molecular weight excluding hydrogens is 336 g/mol. The first-order valence-electron chi connectivity index (χ1n) is 6.21. The average molecular weight is 351 g/mol. The molecule has 21 heavy (non-hydrogen) atoms. The molecule has 110 valence electrons. The first kappa shape index (κ1) is 15.3. The third-order valence-corrected chi connectivity index (χ3v) is 3.22. The van der Waals surface area contributed by atoms with E-state index in [0.29, 0.717) is 18.0 Å². The molecule has 2 rings (SSSR count). The van der Waals surface area contributed by atoms with Crippen LogP contribution in [0.3, 0.4) is 0 Å². The summed E-state index contributed by atoms with van der Waals surface area (Å²) in [4.78, 5) is 15.6. The zero-order valence-electron chi connectivity index (χ0n) is 11.4. The van der Waals surface area contributed by atoms with Crippen LogP contribution in [0.5, 0.6) is 5.75 Å². The minimum absolute atomic E-state index is 0.311. The molecule has 0 aliphatic carbocycles. The molecule has 0 atom stereocenters. The molecule has 0 unspecified atom stereocenters. The van der Waals surface area contributed by atoms with Crippen LogP contribution in [0.1, 0.15) is 11.3 Å². The van der Waals surface area contributed by atoms with E-state index in [4.69, 9.17) is 10.6 Å². The van der Waals surface area contributed by atoms with Gasteiger partial charge in [0.05, 0.1) is 5.69 Å². The minimum atomic E-state index is -0.482. The molecule has 2 amide bonds. The van der Waals surface area contributed by atoms with Crippen LogP contribution in [0.2, 0.25) is 0 Å². The Labute approximate surface area is 130 Å². The molecular formula is C14H15BrN4O2. The van der Waals surface area contributed by atoms with Crippen LogP contribution in [0.4, 0.5) is 10.5 Å². The molecule has 0 bridgehead atoms. The molecule has 1 aromatic heterocycles. The number of para-hydroxylation sites is 1. The van der Waals surface area contributed by atoms with Crippen LogP contribution >= 0.6 is 15.9 Å². The molecule has 0 aliphatic rings. The Balaban J connectivity index is 2.11. The summed E-state index contributed by atoms with van der Waals surface area (Å²) in [5, 5.41) is 2.64. The Bertz CT molecular complexity index is 649. The zero-order chi connectivity index (χ0) is 15.2.